The number of rotatable bonds is 11. The van der Waals surface area contributed by atoms with Crippen molar-refractivity contribution in [1.82, 2.24) is 15.1 Å². The molecule has 0 aliphatic carbocycles. The van der Waals surface area contributed by atoms with Crippen molar-refractivity contribution in [2.24, 2.45) is 0 Å². The molecule has 1 atom stereocenters. The number of carbonyl (C=O) groups is 3. The van der Waals surface area contributed by atoms with Crippen molar-refractivity contribution in [2.75, 3.05) is 20.1 Å². The number of esters is 1. The predicted octanol–water partition coefficient (Wildman–Crippen LogP) is 5.84. The second kappa shape index (κ2) is 13.6. The molecule has 11 nitrogen and oxygen atoms in total. The molecule has 11 heteroatoms. The van der Waals surface area contributed by atoms with E-state index >= 15 is 0 Å². The van der Waals surface area contributed by atoms with Gasteiger partial charge >= 0.3 is 12.0 Å². The molecule has 0 spiro atoms. The number of non-ortho nitro benzene ring substituents is 1. The van der Waals surface area contributed by atoms with Crippen molar-refractivity contribution in [2.45, 2.75) is 39.3 Å². The third-order valence-electron chi connectivity index (χ3n) is 6.82. The van der Waals surface area contributed by atoms with Crippen molar-refractivity contribution in [3.8, 4) is 11.5 Å². The molecule has 1 aliphatic rings. The van der Waals surface area contributed by atoms with Crippen molar-refractivity contribution < 1.29 is 28.8 Å². The molecule has 1 aliphatic heterocycles. The summed E-state index contributed by atoms with van der Waals surface area (Å²) in [7, 11) is 1.67. The average molecular weight is 587 g/mol. The molecule has 43 heavy (non-hydrogen) atoms. The molecule has 0 bridgehead atoms. The number of ether oxygens (including phenoxy) is 2. The molecule has 3 aromatic carbocycles. The Morgan fingerprint density at radius 2 is 1.70 bits per heavy atom. The molecule has 1 N–H and O–H groups in total. The molecule has 0 aromatic heterocycles. The van der Waals surface area contributed by atoms with Crippen LogP contribution in [0.1, 0.15) is 49.2 Å². The minimum atomic E-state index is -0.918. The Balaban J connectivity index is 1.48. The lowest BCUT2D eigenvalue weighted by molar-refractivity contribution is -0.384. The Labute approximate surface area is 249 Å². The molecular formula is C32H34N4O7. The van der Waals surface area contributed by atoms with Gasteiger partial charge in [0.05, 0.1) is 22.6 Å². The third-order valence-corrected chi connectivity index (χ3v) is 6.82. The van der Waals surface area contributed by atoms with E-state index in [1.807, 2.05) is 30.3 Å². The predicted molar refractivity (Wildman–Crippen MR) is 160 cm³/mol. The first kappa shape index (κ1) is 30.8. The summed E-state index contributed by atoms with van der Waals surface area (Å²) in [6.45, 7) is 5.49. The molecule has 1 heterocycles. The van der Waals surface area contributed by atoms with Crippen molar-refractivity contribution >= 4 is 23.6 Å². The van der Waals surface area contributed by atoms with Gasteiger partial charge in [-0.2, -0.15) is 0 Å². The van der Waals surface area contributed by atoms with E-state index in [-0.39, 0.29) is 23.7 Å². The van der Waals surface area contributed by atoms with Crippen LogP contribution in [0, 0.1) is 10.1 Å². The highest BCUT2D eigenvalue weighted by Gasteiger charge is 2.39. The molecule has 0 saturated heterocycles. The van der Waals surface area contributed by atoms with E-state index in [2.05, 4.69) is 5.32 Å². The zero-order valence-corrected chi connectivity index (χ0v) is 24.5. The van der Waals surface area contributed by atoms with Gasteiger partial charge in [-0.1, -0.05) is 30.3 Å². The largest absolute Gasteiger partial charge is 0.459 e. The summed E-state index contributed by atoms with van der Waals surface area (Å²) < 4.78 is 11.3. The Bertz CT molecular complexity index is 1520. The van der Waals surface area contributed by atoms with Gasteiger partial charge in [0.2, 0.25) is 0 Å². The minimum Gasteiger partial charge on any atom is -0.459 e. The van der Waals surface area contributed by atoms with E-state index in [1.165, 1.54) is 23.1 Å². The summed E-state index contributed by atoms with van der Waals surface area (Å²) in [5.74, 6) is 0.459. The van der Waals surface area contributed by atoms with Gasteiger partial charge in [0.15, 0.2) is 0 Å². The van der Waals surface area contributed by atoms with Crippen molar-refractivity contribution in [3.05, 3.63) is 111 Å². The molecular weight excluding hydrogens is 552 g/mol. The highest BCUT2D eigenvalue weighted by Crippen LogP contribution is 2.36. The topological polar surface area (TPSA) is 131 Å². The first-order valence-corrected chi connectivity index (χ1v) is 13.9. The minimum absolute atomic E-state index is 0.159. The summed E-state index contributed by atoms with van der Waals surface area (Å²) in [6, 6.07) is 20.6. The third kappa shape index (κ3) is 7.56. The van der Waals surface area contributed by atoms with E-state index in [4.69, 9.17) is 9.47 Å². The van der Waals surface area contributed by atoms with Crippen LogP contribution in [0.3, 0.4) is 0 Å². The summed E-state index contributed by atoms with van der Waals surface area (Å²) >= 11 is 0. The van der Waals surface area contributed by atoms with Crippen LogP contribution in [0.4, 0.5) is 10.5 Å². The van der Waals surface area contributed by atoms with Gasteiger partial charge in [0.25, 0.3) is 11.6 Å². The second-order valence-electron chi connectivity index (χ2n) is 10.4. The molecule has 0 fully saturated rings. The number of hydrogen-bond acceptors (Lipinski definition) is 7. The number of urea groups is 1. The standard InChI is InChI=1S/C32H34N4O7/c1-21(2)42-31(38)28-22(3)33-32(39)35(29(28)24-10-8-11-25(20-24)36(40)41)19-9-18-34(4)30(37)23-14-16-27(17-15-23)43-26-12-6-5-7-13-26/h5-8,10-17,20-21,29H,9,18-19H2,1-4H3,(H,33,39). The number of amides is 3. The number of allylic oxidation sites excluding steroid dienone is 1. The fraction of sp³-hybridized carbons (Fsp3) is 0.281. The van der Waals surface area contributed by atoms with Crippen LogP contribution < -0.4 is 10.1 Å². The molecule has 0 radical (unpaired) electrons. The smallest absolute Gasteiger partial charge is 0.338 e. The van der Waals surface area contributed by atoms with Crippen LogP contribution in [-0.4, -0.2) is 58.9 Å². The zero-order valence-electron chi connectivity index (χ0n) is 24.5. The zero-order chi connectivity index (χ0) is 31.1. The number of para-hydroxylation sites is 1. The normalized spacial score (nSPS) is 14.8. The van der Waals surface area contributed by atoms with E-state index < -0.39 is 29.1 Å². The summed E-state index contributed by atoms with van der Waals surface area (Å²) in [5, 5.41) is 14.2. The van der Waals surface area contributed by atoms with E-state index in [1.54, 1.807) is 63.1 Å². The van der Waals surface area contributed by atoms with Crippen LogP contribution in [0.25, 0.3) is 0 Å². The second-order valence-corrected chi connectivity index (χ2v) is 10.4. The molecule has 224 valence electrons. The molecule has 4 rings (SSSR count). The van der Waals surface area contributed by atoms with Crippen LogP contribution in [0.15, 0.2) is 90.1 Å². The number of hydrogen-bond donors (Lipinski definition) is 1. The number of nitro benzene ring substituents is 1. The maximum absolute atomic E-state index is 13.2. The maximum atomic E-state index is 13.2. The summed E-state index contributed by atoms with van der Waals surface area (Å²) in [6.07, 6.45) is -0.0368. The van der Waals surface area contributed by atoms with Gasteiger partial charge in [-0.25, -0.2) is 9.59 Å². The van der Waals surface area contributed by atoms with Gasteiger partial charge in [-0.15, -0.1) is 0 Å². The number of nitro groups is 1. The number of nitrogens with zero attached hydrogens (tertiary/aromatic N) is 3. The van der Waals surface area contributed by atoms with E-state index in [0.717, 1.165) is 0 Å². The van der Waals surface area contributed by atoms with Gasteiger partial charge in [0, 0.05) is 43.5 Å². The SMILES string of the molecule is CC1=C(C(=O)OC(C)C)C(c2cccc([N+](=O)[O-])c2)N(CCCN(C)C(=O)c2ccc(Oc3ccccc3)cc2)C(=O)N1. The molecule has 3 amide bonds. The lowest BCUT2D eigenvalue weighted by Crippen LogP contribution is -2.49. The first-order chi connectivity index (χ1) is 20.5. The lowest BCUT2D eigenvalue weighted by atomic mass is 9.93. The van der Waals surface area contributed by atoms with Crippen molar-refractivity contribution in [3.63, 3.8) is 0 Å². The van der Waals surface area contributed by atoms with Gasteiger partial charge < -0.3 is 24.6 Å². The first-order valence-electron chi connectivity index (χ1n) is 13.9. The van der Waals surface area contributed by atoms with Gasteiger partial charge in [0.1, 0.15) is 11.5 Å². The highest BCUT2D eigenvalue weighted by molar-refractivity contribution is 5.95. The van der Waals surface area contributed by atoms with E-state index in [9.17, 15) is 24.5 Å². The van der Waals surface area contributed by atoms with Crippen LogP contribution >= 0.6 is 0 Å². The number of nitrogens with one attached hydrogen (secondary N) is 1. The Hall–Kier alpha value is -5.19. The highest BCUT2D eigenvalue weighted by atomic mass is 16.6. The Morgan fingerprint density at radius 1 is 1.02 bits per heavy atom. The molecule has 0 saturated carbocycles. The van der Waals surface area contributed by atoms with Gasteiger partial charge in [-0.3, -0.25) is 14.9 Å². The Kier molecular flexibility index (Phi) is 9.76. The molecule has 1 unspecified atom stereocenters. The summed E-state index contributed by atoms with van der Waals surface area (Å²) in [4.78, 5) is 53.4. The Morgan fingerprint density at radius 3 is 2.35 bits per heavy atom. The quantitative estimate of drug-likeness (QED) is 0.170. The van der Waals surface area contributed by atoms with E-state index in [0.29, 0.717) is 41.3 Å². The average Bonchev–Trinajstić information content (AvgIpc) is 2.98. The lowest BCUT2D eigenvalue weighted by Gasteiger charge is -2.38. The maximum Gasteiger partial charge on any atom is 0.338 e. The van der Waals surface area contributed by atoms with Crippen molar-refractivity contribution in [1.29, 1.82) is 0 Å². The fourth-order valence-electron chi connectivity index (χ4n) is 4.80. The van der Waals surface area contributed by atoms with Crippen LogP contribution in [0.2, 0.25) is 0 Å². The number of benzene rings is 3. The molecule has 3 aromatic rings. The fourth-order valence-corrected chi connectivity index (χ4v) is 4.80. The van der Waals surface area contributed by atoms with Crippen LogP contribution in [-0.2, 0) is 9.53 Å². The van der Waals surface area contributed by atoms with Crippen LogP contribution in [0.5, 0.6) is 11.5 Å². The summed E-state index contributed by atoms with van der Waals surface area (Å²) in [5.41, 5.74) is 1.22. The van der Waals surface area contributed by atoms with Gasteiger partial charge in [-0.05, 0) is 69.2 Å². The number of carbonyl (C=O) groups excluding carboxylic acids is 3. The monoisotopic (exact) mass is 586 g/mol.